The predicted octanol–water partition coefficient (Wildman–Crippen LogP) is 4.07. The number of likely N-dealkylation sites (tertiary alicyclic amines) is 1. The van der Waals surface area contributed by atoms with Crippen molar-refractivity contribution in [3.05, 3.63) is 47.5 Å². The van der Waals surface area contributed by atoms with Crippen molar-refractivity contribution in [2.45, 2.75) is 57.5 Å². The Hall–Kier alpha value is -3.12. The monoisotopic (exact) mass is 544 g/mol. The van der Waals surface area contributed by atoms with Gasteiger partial charge in [0.25, 0.3) is 5.91 Å². The molecule has 1 spiro atoms. The van der Waals surface area contributed by atoms with Crippen molar-refractivity contribution in [2.75, 3.05) is 18.4 Å². The number of piperidine rings is 1. The number of halogens is 4. The predicted molar refractivity (Wildman–Crippen MR) is 128 cm³/mol. The summed E-state index contributed by atoms with van der Waals surface area (Å²) in [5, 5.41) is 10.7. The van der Waals surface area contributed by atoms with Gasteiger partial charge in [-0.3, -0.25) is 9.59 Å². The Bertz CT molecular complexity index is 1110. The Kier molecular flexibility index (Phi) is 8.85. The standard InChI is InChI=1S/C22H27ClN4O3.C2HF3O2/c1-15(2)13-19(28)26-10-7-22(8-11-26)21-24-9-12-27(21)14-18(30-22)20(29)25-17-5-3-16(23)4-6-17;3-2(4,5)1(6)7/h3-6,9,12,15,18H,7-8,10-11,13-14H2,1-2H3,(H,25,29);(H,6,7). The third-order valence-corrected chi connectivity index (χ3v) is 6.26. The zero-order valence-corrected chi connectivity index (χ0v) is 21.1. The quantitative estimate of drug-likeness (QED) is 0.600. The first-order valence-electron chi connectivity index (χ1n) is 11.6. The van der Waals surface area contributed by atoms with Gasteiger partial charge in [0.15, 0.2) is 6.10 Å². The van der Waals surface area contributed by atoms with Crippen LogP contribution in [-0.4, -0.2) is 62.7 Å². The summed E-state index contributed by atoms with van der Waals surface area (Å²) in [7, 11) is 0. The van der Waals surface area contributed by atoms with E-state index in [2.05, 4.69) is 10.3 Å². The number of carbonyl (C=O) groups excluding carboxylic acids is 2. The lowest BCUT2D eigenvalue weighted by molar-refractivity contribution is -0.192. The molecule has 0 saturated carbocycles. The lowest BCUT2D eigenvalue weighted by atomic mass is 9.88. The Morgan fingerprint density at radius 1 is 1.22 bits per heavy atom. The summed E-state index contributed by atoms with van der Waals surface area (Å²) in [5.41, 5.74) is 0.0193. The number of ether oxygens (including phenoxy) is 1. The molecule has 2 N–H and O–H groups in total. The zero-order chi connectivity index (χ0) is 27.4. The van der Waals surface area contributed by atoms with Gasteiger partial charge in [-0.05, 0) is 30.2 Å². The summed E-state index contributed by atoms with van der Waals surface area (Å²) in [5.74, 6) is -1.61. The van der Waals surface area contributed by atoms with Gasteiger partial charge < -0.3 is 24.6 Å². The number of rotatable bonds is 4. The molecule has 1 fully saturated rings. The SMILES string of the molecule is CC(C)CC(=O)N1CCC2(CC1)OC(C(=O)Nc1ccc(Cl)cc1)Cn1ccnc12.O=C(O)C(F)(F)F. The molecule has 9 nitrogen and oxygen atoms in total. The lowest BCUT2D eigenvalue weighted by Gasteiger charge is -2.45. The van der Waals surface area contributed by atoms with Crippen molar-refractivity contribution in [2.24, 2.45) is 5.92 Å². The largest absolute Gasteiger partial charge is 0.490 e. The summed E-state index contributed by atoms with van der Waals surface area (Å²) >= 11 is 5.92. The molecule has 2 aliphatic heterocycles. The summed E-state index contributed by atoms with van der Waals surface area (Å²) < 4.78 is 40.1. The molecule has 13 heteroatoms. The normalized spacial score (nSPS) is 18.6. The maximum atomic E-state index is 12.9. The van der Waals surface area contributed by atoms with Gasteiger partial charge in [-0.15, -0.1) is 0 Å². The zero-order valence-electron chi connectivity index (χ0n) is 20.3. The highest BCUT2D eigenvalue weighted by molar-refractivity contribution is 6.30. The van der Waals surface area contributed by atoms with Crippen LogP contribution in [0.25, 0.3) is 0 Å². The molecule has 2 aromatic rings. The van der Waals surface area contributed by atoms with Crippen molar-refractivity contribution in [1.82, 2.24) is 14.5 Å². The number of nitrogens with one attached hydrogen (secondary N) is 1. The Labute approximate surface area is 216 Å². The average Bonchev–Trinajstić information content (AvgIpc) is 3.30. The van der Waals surface area contributed by atoms with Gasteiger partial charge >= 0.3 is 12.1 Å². The number of amides is 2. The molecule has 1 aromatic carbocycles. The molecule has 1 atom stereocenters. The van der Waals surface area contributed by atoms with E-state index in [0.717, 1.165) is 5.82 Å². The number of carbonyl (C=O) groups is 3. The number of hydrogen-bond acceptors (Lipinski definition) is 5. The average molecular weight is 545 g/mol. The highest BCUT2D eigenvalue weighted by Crippen LogP contribution is 2.40. The van der Waals surface area contributed by atoms with Crippen LogP contribution in [0, 0.1) is 5.92 Å². The highest BCUT2D eigenvalue weighted by Gasteiger charge is 2.47. The maximum Gasteiger partial charge on any atom is 0.490 e. The van der Waals surface area contributed by atoms with Crippen LogP contribution in [0.4, 0.5) is 18.9 Å². The molecular weight excluding hydrogens is 517 g/mol. The molecule has 2 amide bonds. The van der Waals surface area contributed by atoms with Gasteiger partial charge in [-0.25, -0.2) is 9.78 Å². The molecule has 37 heavy (non-hydrogen) atoms. The first-order valence-corrected chi connectivity index (χ1v) is 12.0. The topological polar surface area (TPSA) is 114 Å². The minimum absolute atomic E-state index is 0.177. The number of carboxylic acids is 1. The van der Waals surface area contributed by atoms with Crippen molar-refractivity contribution in [3.8, 4) is 0 Å². The molecule has 0 bridgehead atoms. The molecule has 1 saturated heterocycles. The smallest absolute Gasteiger partial charge is 0.475 e. The van der Waals surface area contributed by atoms with E-state index in [9.17, 15) is 22.8 Å². The molecule has 1 unspecified atom stereocenters. The molecule has 4 rings (SSSR count). The second-order valence-corrected chi connectivity index (χ2v) is 9.72. The van der Waals surface area contributed by atoms with E-state index in [1.165, 1.54) is 0 Å². The van der Waals surface area contributed by atoms with Crippen LogP contribution in [0.5, 0.6) is 0 Å². The maximum absolute atomic E-state index is 12.9. The van der Waals surface area contributed by atoms with Crippen LogP contribution < -0.4 is 5.32 Å². The van der Waals surface area contributed by atoms with Crippen molar-refractivity contribution < 1.29 is 37.4 Å². The molecule has 0 radical (unpaired) electrons. The van der Waals surface area contributed by atoms with E-state index in [0.29, 0.717) is 55.5 Å². The first-order chi connectivity index (χ1) is 17.3. The Morgan fingerprint density at radius 2 is 1.81 bits per heavy atom. The number of imidazole rings is 1. The van der Waals surface area contributed by atoms with Crippen LogP contribution in [0.2, 0.25) is 5.02 Å². The molecule has 3 heterocycles. The van der Waals surface area contributed by atoms with E-state index in [1.54, 1.807) is 30.5 Å². The van der Waals surface area contributed by atoms with Gasteiger partial charge in [-0.2, -0.15) is 13.2 Å². The molecule has 202 valence electrons. The fourth-order valence-corrected chi connectivity index (χ4v) is 4.35. The van der Waals surface area contributed by atoms with Gasteiger partial charge in [0, 0.05) is 55.5 Å². The van der Waals surface area contributed by atoms with Crippen molar-refractivity contribution in [1.29, 1.82) is 0 Å². The number of nitrogens with zero attached hydrogens (tertiary/aromatic N) is 3. The van der Waals surface area contributed by atoms with Gasteiger partial charge in [0.1, 0.15) is 11.4 Å². The summed E-state index contributed by atoms with van der Waals surface area (Å²) in [6, 6.07) is 7.00. The number of fused-ring (bicyclic) bond motifs is 2. The van der Waals surface area contributed by atoms with Crippen LogP contribution in [-0.2, 0) is 31.3 Å². The number of anilines is 1. The number of carboxylic acid groups (broad SMARTS) is 1. The van der Waals surface area contributed by atoms with Crippen LogP contribution in [0.3, 0.4) is 0 Å². The summed E-state index contributed by atoms with van der Waals surface area (Å²) in [6.07, 6.45) is -0.291. The van der Waals surface area contributed by atoms with E-state index in [4.69, 9.17) is 26.2 Å². The van der Waals surface area contributed by atoms with E-state index >= 15 is 0 Å². The number of aromatic nitrogens is 2. The molecular formula is C24H28ClF3N4O5. The third-order valence-electron chi connectivity index (χ3n) is 6.01. The second-order valence-electron chi connectivity index (χ2n) is 9.28. The van der Waals surface area contributed by atoms with Gasteiger partial charge in [0.05, 0.1) is 6.54 Å². The fraction of sp³-hybridized carbons (Fsp3) is 0.500. The third kappa shape index (κ3) is 7.22. The first kappa shape index (κ1) is 28.5. The Balaban J connectivity index is 0.000000479. The van der Waals surface area contributed by atoms with Crippen LogP contribution in [0.1, 0.15) is 38.9 Å². The minimum Gasteiger partial charge on any atom is -0.475 e. The van der Waals surface area contributed by atoms with Crippen LogP contribution in [0.15, 0.2) is 36.7 Å². The summed E-state index contributed by atoms with van der Waals surface area (Å²) in [4.78, 5) is 40.7. The second kappa shape index (κ2) is 11.5. The molecule has 2 aliphatic rings. The number of hydrogen-bond donors (Lipinski definition) is 2. The lowest BCUT2D eigenvalue weighted by Crippen LogP contribution is -2.54. The fourth-order valence-electron chi connectivity index (χ4n) is 4.23. The Morgan fingerprint density at radius 3 is 2.35 bits per heavy atom. The molecule has 1 aromatic heterocycles. The number of alkyl halides is 3. The van der Waals surface area contributed by atoms with E-state index in [1.807, 2.05) is 29.5 Å². The van der Waals surface area contributed by atoms with Gasteiger partial charge in [0.2, 0.25) is 5.91 Å². The number of benzene rings is 1. The van der Waals surface area contributed by atoms with Crippen LogP contribution >= 0.6 is 11.6 Å². The highest BCUT2D eigenvalue weighted by atomic mass is 35.5. The van der Waals surface area contributed by atoms with Crippen molar-refractivity contribution in [3.63, 3.8) is 0 Å². The minimum atomic E-state index is -5.08. The van der Waals surface area contributed by atoms with E-state index < -0.39 is 23.9 Å². The number of aliphatic carboxylic acids is 1. The van der Waals surface area contributed by atoms with Crippen molar-refractivity contribution >= 4 is 35.1 Å². The van der Waals surface area contributed by atoms with E-state index in [-0.39, 0.29) is 11.8 Å². The van der Waals surface area contributed by atoms with Gasteiger partial charge in [-0.1, -0.05) is 25.4 Å². The molecule has 0 aliphatic carbocycles. The summed E-state index contributed by atoms with van der Waals surface area (Å²) in [6.45, 7) is 5.71.